The third kappa shape index (κ3) is 4.47. The quantitative estimate of drug-likeness (QED) is 0.719. The van der Waals surface area contributed by atoms with E-state index < -0.39 is 18.1 Å². The largest absolute Gasteiger partial charge is 0.481 e. The molecular formula is C25H28N2O5. The minimum absolute atomic E-state index is 0.0544. The number of piperidine rings is 1. The Morgan fingerprint density at radius 3 is 2.31 bits per heavy atom. The van der Waals surface area contributed by atoms with Gasteiger partial charge in [0.05, 0.1) is 6.42 Å². The molecule has 168 valence electrons. The molecule has 1 unspecified atom stereocenters. The predicted molar refractivity (Wildman–Crippen MR) is 119 cm³/mol. The van der Waals surface area contributed by atoms with Crippen molar-refractivity contribution >= 4 is 18.0 Å². The van der Waals surface area contributed by atoms with Crippen molar-refractivity contribution in [1.29, 1.82) is 0 Å². The van der Waals surface area contributed by atoms with E-state index in [9.17, 15) is 14.4 Å². The molecule has 1 heterocycles. The number of benzene rings is 2. The number of nitrogens with one attached hydrogen (secondary N) is 1. The highest BCUT2D eigenvalue weighted by Crippen LogP contribution is 2.44. The number of amides is 2. The van der Waals surface area contributed by atoms with E-state index in [1.807, 2.05) is 36.4 Å². The van der Waals surface area contributed by atoms with Crippen molar-refractivity contribution < 1.29 is 24.2 Å². The van der Waals surface area contributed by atoms with Crippen LogP contribution in [0, 0.1) is 0 Å². The fourth-order valence-electron chi connectivity index (χ4n) is 4.83. The minimum Gasteiger partial charge on any atom is -0.481 e. The molecule has 1 fully saturated rings. The Labute approximate surface area is 187 Å². The van der Waals surface area contributed by atoms with Crippen LogP contribution in [0.3, 0.4) is 0 Å². The summed E-state index contributed by atoms with van der Waals surface area (Å²) in [4.78, 5) is 38.1. The highest BCUT2D eigenvalue weighted by atomic mass is 16.5. The molecule has 7 heteroatoms. The van der Waals surface area contributed by atoms with E-state index in [1.54, 1.807) is 11.8 Å². The number of alkyl carbamates (subject to hydrolysis) is 1. The Kier molecular flexibility index (Phi) is 6.44. The van der Waals surface area contributed by atoms with Crippen LogP contribution in [-0.4, -0.2) is 53.2 Å². The van der Waals surface area contributed by atoms with Gasteiger partial charge in [-0.1, -0.05) is 48.5 Å². The SMILES string of the molecule is CC(NC(=O)OCC1c2ccccc2-c2ccccc21)C(=O)N1CCCC[C@@H]1CC(=O)O. The van der Waals surface area contributed by atoms with Gasteiger partial charge in [0.1, 0.15) is 12.6 Å². The van der Waals surface area contributed by atoms with Gasteiger partial charge in [-0.05, 0) is 48.4 Å². The zero-order valence-corrected chi connectivity index (χ0v) is 18.1. The number of likely N-dealkylation sites (tertiary alicyclic amines) is 1. The molecule has 32 heavy (non-hydrogen) atoms. The molecule has 2 aromatic rings. The van der Waals surface area contributed by atoms with Crippen LogP contribution >= 0.6 is 0 Å². The van der Waals surface area contributed by atoms with Crippen molar-refractivity contribution in [2.75, 3.05) is 13.2 Å². The molecule has 0 radical (unpaired) electrons. The van der Waals surface area contributed by atoms with Crippen molar-refractivity contribution in [2.24, 2.45) is 0 Å². The van der Waals surface area contributed by atoms with Gasteiger partial charge in [0.2, 0.25) is 5.91 Å². The van der Waals surface area contributed by atoms with E-state index in [0.29, 0.717) is 13.0 Å². The number of fused-ring (bicyclic) bond motifs is 3. The van der Waals surface area contributed by atoms with E-state index in [4.69, 9.17) is 9.84 Å². The second-order valence-corrected chi connectivity index (χ2v) is 8.47. The number of hydrogen-bond acceptors (Lipinski definition) is 4. The Morgan fingerprint density at radius 2 is 1.69 bits per heavy atom. The highest BCUT2D eigenvalue weighted by molar-refractivity contribution is 5.86. The molecule has 1 aliphatic carbocycles. The molecule has 0 spiro atoms. The summed E-state index contributed by atoms with van der Waals surface area (Å²) in [5.41, 5.74) is 4.54. The maximum Gasteiger partial charge on any atom is 0.407 e. The number of carboxylic acids is 1. The first-order chi connectivity index (χ1) is 15.5. The number of rotatable bonds is 6. The first-order valence-corrected chi connectivity index (χ1v) is 11.1. The minimum atomic E-state index is -0.924. The lowest BCUT2D eigenvalue weighted by Crippen LogP contribution is -2.52. The van der Waals surface area contributed by atoms with Gasteiger partial charge in [0.25, 0.3) is 0 Å². The molecule has 2 atom stereocenters. The van der Waals surface area contributed by atoms with E-state index in [1.165, 1.54) is 0 Å². The van der Waals surface area contributed by atoms with Crippen LogP contribution < -0.4 is 5.32 Å². The number of aliphatic carboxylic acids is 1. The highest BCUT2D eigenvalue weighted by Gasteiger charge is 2.33. The number of carbonyl (C=O) groups is 3. The van der Waals surface area contributed by atoms with Crippen LogP contribution in [-0.2, 0) is 14.3 Å². The van der Waals surface area contributed by atoms with E-state index in [2.05, 4.69) is 17.4 Å². The molecule has 1 aliphatic heterocycles. The third-order valence-electron chi connectivity index (χ3n) is 6.37. The standard InChI is InChI=1S/C25H28N2O5/c1-16(24(30)27-13-7-6-8-17(27)14-23(28)29)26-25(31)32-15-22-20-11-4-2-9-18(20)19-10-3-5-12-21(19)22/h2-5,9-12,16-17,22H,6-8,13-15H2,1H3,(H,26,31)(H,28,29)/t16?,17-/m1/s1. The van der Waals surface area contributed by atoms with Crippen molar-refractivity contribution in [3.63, 3.8) is 0 Å². The average Bonchev–Trinajstić information content (AvgIpc) is 3.11. The van der Waals surface area contributed by atoms with Crippen molar-refractivity contribution in [1.82, 2.24) is 10.2 Å². The second-order valence-electron chi connectivity index (χ2n) is 8.47. The summed E-state index contributed by atoms with van der Waals surface area (Å²) in [6.07, 6.45) is 1.66. The van der Waals surface area contributed by atoms with E-state index >= 15 is 0 Å². The maximum atomic E-state index is 12.9. The number of carboxylic acid groups (broad SMARTS) is 1. The molecule has 2 aliphatic rings. The molecule has 1 saturated heterocycles. The number of hydrogen-bond donors (Lipinski definition) is 2. The molecule has 2 N–H and O–H groups in total. The summed E-state index contributed by atoms with van der Waals surface area (Å²) in [5.74, 6) is -1.25. The van der Waals surface area contributed by atoms with Gasteiger partial charge in [-0.3, -0.25) is 9.59 Å². The summed E-state index contributed by atoms with van der Waals surface area (Å²) in [7, 11) is 0. The third-order valence-corrected chi connectivity index (χ3v) is 6.37. The van der Waals surface area contributed by atoms with Gasteiger partial charge in [0.15, 0.2) is 0 Å². The van der Waals surface area contributed by atoms with Crippen LogP contribution in [0.2, 0.25) is 0 Å². The van der Waals surface area contributed by atoms with Crippen molar-refractivity contribution in [3.05, 3.63) is 59.7 Å². The van der Waals surface area contributed by atoms with Gasteiger partial charge in [-0.2, -0.15) is 0 Å². The van der Waals surface area contributed by atoms with Crippen LogP contribution in [0.1, 0.15) is 49.7 Å². The number of carbonyl (C=O) groups excluding carboxylic acids is 2. The Hall–Kier alpha value is -3.35. The molecule has 0 aromatic heterocycles. The zero-order chi connectivity index (χ0) is 22.7. The van der Waals surface area contributed by atoms with Crippen molar-refractivity contribution in [3.8, 4) is 11.1 Å². The lowest BCUT2D eigenvalue weighted by molar-refractivity contribution is -0.142. The first-order valence-electron chi connectivity index (χ1n) is 11.1. The summed E-state index contributed by atoms with van der Waals surface area (Å²) in [5, 5.41) is 11.8. The van der Waals surface area contributed by atoms with Gasteiger partial charge in [0, 0.05) is 18.5 Å². The molecule has 2 aromatic carbocycles. The fraction of sp³-hybridized carbons (Fsp3) is 0.400. The van der Waals surface area contributed by atoms with Gasteiger partial charge in [-0.15, -0.1) is 0 Å². The smallest absolute Gasteiger partial charge is 0.407 e. The predicted octanol–water partition coefficient (Wildman–Crippen LogP) is 3.77. The van der Waals surface area contributed by atoms with Crippen molar-refractivity contribution in [2.45, 2.75) is 50.6 Å². The van der Waals surface area contributed by atoms with E-state index in [-0.39, 0.29) is 30.9 Å². The van der Waals surface area contributed by atoms with E-state index in [0.717, 1.165) is 35.1 Å². The molecule has 2 amide bonds. The van der Waals surface area contributed by atoms with Gasteiger partial charge >= 0.3 is 12.1 Å². The Balaban J connectivity index is 1.37. The summed E-state index contributed by atoms with van der Waals surface area (Å²) in [6, 6.07) is 15.1. The lowest BCUT2D eigenvalue weighted by atomic mass is 9.98. The monoisotopic (exact) mass is 436 g/mol. The topological polar surface area (TPSA) is 95.9 Å². The maximum absolute atomic E-state index is 12.9. The molecule has 7 nitrogen and oxygen atoms in total. The number of nitrogens with zero attached hydrogens (tertiary/aromatic N) is 1. The lowest BCUT2D eigenvalue weighted by Gasteiger charge is -2.36. The zero-order valence-electron chi connectivity index (χ0n) is 18.1. The van der Waals surface area contributed by atoms with Crippen LogP contribution in [0.5, 0.6) is 0 Å². The van der Waals surface area contributed by atoms with Crippen LogP contribution in [0.25, 0.3) is 11.1 Å². The molecular weight excluding hydrogens is 408 g/mol. The summed E-state index contributed by atoms with van der Waals surface area (Å²) >= 11 is 0. The normalized spacial score (nSPS) is 18.4. The van der Waals surface area contributed by atoms with Gasteiger partial charge in [-0.25, -0.2) is 4.79 Å². The molecule has 0 saturated carbocycles. The first kappa shape index (κ1) is 21.9. The Bertz CT molecular complexity index is 975. The molecule has 0 bridgehead atoms. The van der Waals surface area contributed by atoms with Crippen LogP contribution in [0.4, 0.5) is 4.79 Å². The molecule has 4 rings (SSSR count). The summed E-state index contributed by atoms with van der Waals surface area (Å²) < 4.78 is 5.52. The fourth-order valence-corrected chi connectivity index (χ4v) is 4.83. The summed E-state index contributed by atoms with van der Waals surface area (Å²) in [6.45, 7) is 2.29. The second kappa shape index (κ2) is 9.42. The number of ether oxygens (including phenoxy) is 1. The average molecular weight is 437 g/mol. The van der Waals surface area contributed by atoms with Gasteiger partial charge < -0.3 is 20.1 Å². The Morgan fingerprint density at radius 1 is 1.06 bits per heavy atom. The van der Waals surface area contributed by atoms with Crippen LogP contribution in [0.15, 0.2) is 48.5 Å².